The molecular weight excluding hydrogens is 312 g/mol. The molecule has 0 aliphatic heterocycles. The highest BCUT2D eigenvalue weighted by atomic mass is 35.5. The van der Waals surface area contributed by atoms with E-state index in [2.05, 4.69) is 11.9 Å². The van der Waals surface area contributed by atoms with Gasteiger partial charge in [-0.2, -0.15) is 0 Å². The van der Waals surface area contributed by atoms with Crippen molar-refractivity contribution in [3.05, 3.63) is 41.4 Å². The van der Waals surface area contributed by atoms with Crippen molar-refractivity contribution in [2.45, 2.75) is 13.3 Å². The van der Waals surface area contributed by atoms with Gasteiger partial charge in [-0.1, -0.05) is 17.7 Å². The fourth-order valence-electron chi connectivity index (χ4n) is 1.84. The molecule has 0 radical (unpaired) electrons. The Balaban J connectivity index is 2.92. The topological polar surface area (TPSA) is 66.5 Å². The van der Waals surface area contributed by atoms with E-state index in [1.165, 1.54) is 4.31 Å². The van der Waals surface area contributed by atoms with Gasteiger partial charge in [-0.25, -0.2) is 8.42 Å². The maximum atomic E-state index is 11.9. The Labute approximate surface area is 130 Å². The van der Waals surface area contributed by atoms with E-state index in [-0.39, 0.29) is 18.9 Å². The van der Waals surface area contributed by atoms with E-state index in [0.717, 1.165) is 11.8 Å². The number of rotatable bonds is 7. The van der Waals surface area contributed by atoms with E-state index in [0.29, 0.717) is 17.3 Å². The Bertz CT molecular complexity index is 629. The highest BCUT2D eigenvalue weighted by Gasteiger charge is 2.20. The van der Waals surface area contributed by atoms with Crippen molar-refractivity contribution in [2.75, 3.05) is 23.7 Å². The quantitative estimate of drug-likeness (QED) is 0.779. The van der Waals surface area contributed by atoms with Crippen LogP contribution < -0.4 is 9.62 Å². The van der Waals surface area contributed by atoms with Crippen molar-refractivity contribution < 1.29 is 13.2 Å². The summed E-state index contributed by atoms with van der Waals surface area (Å²) in [6, 6.07) is 4.95. The Morgan fingerprint density at radius 3 is 2.67 bits per heavy atom. The molecule has 0 aliphatic rings. The van der Waals surface area contributed by atoms with Crippen LogP contribution in [0.15, 0.2) is 30.9 Å². The lowest BCUT2D eigenvalue weighted by molar-refractivity contribution is -0.120. The zero-order chi connectivity index (χ0) is 16.0. The summed E-state index contributed by atoms with van der Waals surface area (Å²) in [7, 11) is -3.48. The van der Waals surface area contributed by atoms with Crippen LogP contribution in [-0.2, 0) is 14.8 Å². The molecule has 0 unspecified atom stereocenters. The van der Waals surface area contributed by atoms with E-state index in [9.17, 15) is 13.2 Å². The molecule has 0 saturated carbocycles. The number of hydrogen-bond donors (Lipinski definition) is 1. The van der Waals surface area contributed by atoms with Gasteiger partial charge in [0, 0.05) is 24.5 Å². The zero-order valence-electron chi connectivity index (χ0n) is 12.1. The minimum Gasteiger partial charge on any atom is -0.353 e. The van der Waals surface area contributed by atoms with Gasteiger partial charge in [0.15, 0.2) is 0 Å². The summed E-state index contributed by atoms with van der Waals surface area (Å²) >= 11 is 5.88. The average Bonchev–Trinajstić information content (AvgIpc) is 2.37. The molecule has 0 fully saturated rings. The van der Waals surface area contributed by atoms with Crippen LogP contribution in [0.3, 0.4) is 0 Å². The molecule has 1 aromatic rings. The highest BCUT2D eigenvalue weighted by Crippen LogP contribution is 2.25. The van der Waals surface area contributed by atoms with Gasteiger partial charge in [0.2, 0.25) is 15.9 Å². The number of amides is 1. The third-order valence-electron chi connectivity index (χ3n) is 2.81. The molecule has 1 aromatic carbocycles. The van der Waals surface area contributed by atoms with Crippen molar-refractivity contribution >= 4 is 33.2 Å². The van der Waals surface area contributed by atoms with Crippen LogP contribution in [0.25, 0.3) is 0 Å². The normalized spacial score (nSPS) is 11.0. The van der Waals surface area contributed by atoms with Crippen molar-refractivity contribution in [3.63, 3.8) is 0 Å². The van der Waals surface area contributed by atoms with Crippen LogP contribution in [0.4, 0.5) is 5.69 Å². The molecule has 5 nitrogen and oxygen atoms in total. The number of anilines is 1. The number of nitrogens with one attached hydrogen (secondary N) is 1. The molecule has 0 atom stereocenters. The minimum atomic E-state index is -3.48. The standard InChI is InChI=1S/C14H19ClN2O3S/c1-4-8-16-14(18)7-9-17(21(3,19)20)13-6-5-12(15)10-11(13)2/h4-6,10H,1,7-9H2,2-3H3,(H,16,18). The lowest BCUT2D eigenvalue weighted by Gasteiger charge is -2.24. The Morgan fingerprint density at radius 2 is 2.14 bits per heavy atom. The smallest absolute Gasteiger partial charge is 0.232 e. The molecule has 0 bridgehead atoms. The van der Waals surface area contributed by atoms with Gasteiger partial charge in [0.05, 0.1) is 11.9 Å². The fourth-order valence-corrected chi connectivity index (χ4v) is 3.05. The second-order valence-corrected chi connectivity index (χ2v) is 6.95. The fraction of sp³-hybridized carbons (Fsp3) is 0.357. The van der Waals surface area contributed by atoms with E-state index in [4.69, 9.17) is 11.6 Å². The average molecular weight is 331 g/mol. The number of carbonyl (C=O) groups is 1. The number of carbonyl (C=O) groups excluding carboxylic acids is 1. The largest absolute Gasteiger partial charge is 0.353 e. The maximum Gasteiger partial charge on any atom is 0.232 e. The predicted octanol–water partition coefficient (Wildman–Crippen LogP) is 2.11. The Kier molecular flexibility index (Phi) is 6.23. The minimum absolute atomic E-state index is 0.0724. The summed E-state index contributed by atoms with van der Waals surface area (Å²) in [6.45, 7) is 5.71. The van der Waals surface area contributed by atoms with E-state index in [1.807, 2.05) is 0 Å². The molecule has 0 aromatic heterocycles. The van der Waals surface area contributed by atoms with E-state index < -0.39 is 10.0 Å². The molecule has 21 heavy (non-hydrogen) atoms. The lowest BCUT2D eigenvalue weighted by atomic mass is 10.2. The van der Waals surface area contributed by atoms with Crippen LogP contribution in [0, 0.1) is 6.92 Å². The van der Waals surface area contributed by atoms with Gasteiger partial charge in [0.1, 0.15) is 0 Å². The molecule has 0 saturated heterocycles. The van der Waals surface area contributed by atoms with Crippen LogP contribution in [0.5, 0.6) is 0 Å². The van der Waals surface area contributed by atoms with E-state index >= 15 is 0 Å². The van der Waals surface area contributed by atoms with Gasteiger partial charge in [-0.05, 0) is 30.7 Å². The lowest BCUT2D eigenvalue weighted by Crippen LogP contribution is -2.35. The Morgan fingerprint density at radius 1 is 1.48 bits per heavy atom. The van der Waals surface area contributed by atoms with Crippen LogP contribution in [-0.4, -0.2) is 33.7 Å². The molecule has 0 aliphatic carbocycles. The maximum absolute atomic E-state index is 11.9. The molecule has 0 spiro atoms. The number of halogens is 1. The van der Waals surface area contributed by atoms with Crippen LogP contribution in [0.1, 0.15) is 12.0 Å². The molecule has 1 amide bonds. The summed E-state index contributed by atoms with van der Waals surface area (Å²) in [5.41, 5.74) is 1.26. The van der Waals surface area contributed by atoms with Gasteiger partial charge in [-0.3, -0.25) is 9.10 Å². The Hall–Kier alpha value is -1.53. The second-order valence-electron chi connectivity index (χ2n) is 4.61. The van der Waals surface area contributed by atoms with Gasteiger partial charge >= 0.3 is 0 Å². The number of nitrogens with zero attached hydrogens (tertiary/aromatic N) is 1. The number of aryl methyl sites for hydroxylation is 1. The van der Waals surface area contributed by atoms with Crippen LogP contribution in [0.2, 0.25) is 5.02 Å². The third kappa shape index (κ3) is 5.40. The first kappa shape index (κ1) is 17.5. The SMILES string of the molecule is C=CCNC(=O)CCN(c1ccc(Cl)cc1C)S(C)(=O)=O. The first-order valence-corrected chi connectivity index (χ1v) is 8.60. The summed E-state index contributed by atoms with van der Waals surface area (Å²) in [6.07, 6.45) is 2.75. The monoisotopic (exact) mass is 330 g/mol. The first-order chi connectivity index (χ1) is 9.75. The predicted molar refractivity (Wildman–Crippen MR) is 86.2 cm³/mol. The van der Waals surface area contributed by atoms with Gasteiger partial charge in [-0.15, -0.1) is 6.58 Å². The molecular formula is C14H19ClN2O3S. The van der Waals surface area contributed by atoms with Crippen molar-refractivity contribution in [2.24, 2.45) is 0 Å². The number of sulfonamides is 1. The number of benzene rings is 1. The molecule has 1 rings (SSSR count). The van der Waals surface area contributed by atoms with Gasteiger partial charge < -0.3 is 5.32 Å². The van der Waals surface area contributed by atoms with Crippen molar-refractivity contribution in [1.82, 2.24) is 5.32 Å². The summed E-state index contributed by atoms with van der Waals surface area (Å²) in [5.74, 6) is -0.227. The third-order valence-corrected chi connectivity index (χ3v) is 4.23. The van der Waals surface area contributed by atoms with E-state index in [1.54, 1.807) is 31.2 Å². The molecule has 0 heterocycles. The molecule has 7 heteroatoms. The van der Waals surface area contributed by atoms with Crippen molar-refractivity contribution in [3.8, 4) is 0 Å². The zero-order valence-corrected chi connectivity index (χ0v) is 13.7. The molecule has 1 N–H and O–H groups in total. The van der Waals surface area contributed by atoms with Gasteiger partial charge in [0.25, 0.3) is 0 Å². The van der Waals surface area contributed by atoms with Crippen molar-refractivity contribution in [1.29, 1.82) is 0 Å². The highest BCUT2D eigenvalue weighted by molar-refractivity contribution is 7.92. The first-order valence-electron chi connectivity index (χ1n) is 6.37. The number of hydrogen-bond acceptors (Lipinski definition) is 3. The van der Waals surface area contributed by atoms with Crippen LogP contribution >= 0.6 is 11.6 Å². The second kappa shape index (κ2) is 7.47. The molecule has 116 valence electrons. The summed E-state index contributed by atoms with van der Waals surface area (Å²) < 4.78 is 25.1. The summed E-state index contributed by atoms with van der Waals surface area (Å²) in [4.78, 5) is 11.6. The summed E-state index contributed by atoms with van der Waals surface area (Å²) in [5, 5.41) is 3.15.